The predicted molar refractivity (Wildman–Crippen MR) is 81.3 cm³/mol. The minimum atomic E-state index is -3.73. The first-order valence-corrected chi connectivity index (χ1v) is 8.18. The first kappa shape index (κ1) is 15.7. The van der Waals surface area contributed by atoms with Crippen LogP contribution >= 0.6 is 23.8 Å². The van der Waals surface area contributed by atoms with Crippen LogP contribution in [0, 0.1) is 0 Å². The molecule has 5 nitrogen and oxygen atoms in total. The molecule has 0 radical (unpaired) electrons. The summed E-state index contributed by atoms with van der Waals surface area (Å²) in [4.78, 5) is 0.150. The Kier molecular flexibility index (Phi) is 4.10. The molecule has 0 aliphatic carbocycles. The molecular weight excluding hydrogens is 320 g/mol. The van der Waals surface area contributed by atoms with Crippen LogP contribution in [0.25, 0.3) is 0 Å². The van der Waals surface area contributed by atoms with E-state index >= 15 is 0 Å². The Bertz CT molecular complexity index is 659. The van der Waals surface area contributed by atoms with E-state index in [1.807, 2.05) is 0 Å². The van der Waals surface area contributed by atoms with Gasteiger partial charge in [-0.05, 0) is 25.5 Å². The monoisotopic (exact) mass is 334 g/mol. The smallest absolute Gasteiger partial charge is 0.244 e. The van der Waals surface area contributed by atoms with Gasteiger partial charge in [-0.15, -0.1) is 0 Å². The zero-order valence-electron chi connectivity index (χ0n) is 10.8. The zero-order chi connectivity index (χ0) is 15.1. The topological polar surface area (TPSA) is 83.6 Å². The van der Waals surface area contributed by atoms with E-state index in [1.54, 1.807) is 6.92 Å². The number of benzene rings is 1. The number of nitrogens with zero attached hydrogens (tertiary/aromatic N) is 1. The summed E-state index contributed by atoms with van der Waals surface area (Å²) in [6.45, 7) is 1.94. The van der Waals surface area contributed by atoms with Crippen LogP contribution in [-0.4, -0.2) is 41.5 Å². The molecule has 1 aromatic rings. The molecule has 0 spiro atoms. The second-order valence-corrected chi connectivity index (χ2v) is 7.85. The summed E-state index contributed by atoms with van der Waals surface area (Å²) < 4.78 is 26.2. The average molecular weight is 335 g/mol. The van der Waals surface area contributed by atoms with Crippen LogP contribution in [0.4, 0.5) is 0 Å². The van der Waals surface area contributed by atoms with Crippen molar-refractivity contribution in [2.24, 2.45) is 5.73 Å². The van der Waals surface area contributed by atoms with Gasteiger partial charge in [-0.25, -0.2) is 8.42 Å². The SMILES string of the molecule is CC1(O)CCN(S(=O)(=O)c2ccc(C(N)=S)cc2Cl)C1. The van der Waals surface area contributed by atoms with Gasteiger partial charge in [0.15, 0.2) is 0 Å². The van der Waals surface area contributed by atoms with Crippen LogP contribution in [-0.2, 0) is 10.0 Å². The lowest BCUT2D eigenvalue weighted by atomic mass is 10.1. The maximum absolute atomic E-state index is 12.5. The van der Waals surface area contributed by atoms with E-state index in [9.17, 15) is 13.5 Å². The van der Waals surface area contributed by atoms with Crippen molar-refractivity contribution in [2.45, 2.75) is 23.8 Å². The summed E-state index contributed by atoms with van der Waals surface area (Å²) in [6.07, 6.45) is 0.398. The molecule has 8 heteroatoms. The molecule has 1 atom stereocenters. The van der Waals surface area contributed by atoms with Crippen LogP contribution in [0.5, 0.6) is 0 Å². The lowest BCUT2D eigenvalue weighted by Crippen LogP contribution is -2.34. The van der Waals surface area contributed by atoms with Crippen LogP contribution < -0.4 is 5.73 Å². The van der Waals surface area contributed by atoms with Crippen molar-refractivity contribution < 1.29 is 13.5 Å². The van der Waals surface area contributed by atoms with Crippen molar-refractivity contribution in [3.63, 3.8) is 0 Å². The third-order valence-electron chi connectivity index (χ3n) is 3.25. The van der Waals surface area contributed by atoms with Gasteiger partial charge in [0.25, 0.3) is 0 Å². The molecule has 20 heavy (non-hydrogen) atoms. The fourth-order valence-electron chi connectivity index (χ4n) is 2.11. The highest BCUT2D eigenvalue weighted by Gasteiger charge is 2.39. The normalized spacial score (nSPS) is 23.9. The first-order valence-electron chi connectivity index (χ1n) is 5.95. The van der Waals surface area contributed by atoms with Gasteiger partial charge < -0.3 is 10.8 Å². The molecule has 0 amide bonds. The van der Waals surface area contributed by atoms with Gasteiger partial charge >= 0.3 is 0 Å². The number of aliphatic hydroxyl groups is 1. The molecule has 0 aromatic heterocycles. The molecule has 3 N–H and O–H groups in total. The largest absolute Gasteiger partial charge is 0.389 e. The van der Waals surface area contributed by atoms with E-state index in [0.717, 1.165) is 0 Å². The standard InChI is InChI=1S/C12H15ClN2O3S2/c1-12(16)4-5-15(7-12)20(17,18)10-3-2-8(11(14)19)6-9(10)13/h2-3,6,16H,4-5,7H2,1H3,(H2,14,19). The fourth-order valence-corrected chi connectivity index (χ4v) is 4.31. The van der Waals surface area contributed by atoms with E-state index < -0.39 is 15.6 Å². The van der Waals surface area contributed by atoms with E-state index in [0.29, 0.717) is 12.0 Å². The summed E-state index contributed by atoms with van der Waals surface area (Å²) in [5.41, 5.74) is 4.99. The molecule has 110 valence electrons. The summed E-state index contributed by atoms with van der Waals surface area (Å²) in [7, 11) is -3.73. The average Bonchev–Trinajstić information content (AvgIpc) is 2.69. The Labute approximate surface area is 128 Å². The number of nitrogens with two attached hydrogens (primary N) is 1. The first-order chi connectivity index (χ1) is 9.13. The van der Waals surface area contributed by atoms with Gasteiger partial charge in [-0.2, -0.15) is 4.31 Å². The van der Waals surface area contributed by atoms with Gasteiger partial charge in [0.1, 0.15) is 9.88 Å². The van der Waals surface area contributed by atoms with Gasteiger partial charge in [0.2, 0.25) is 10.0 Å². The minimum absolute atomic E-state index is 0.00290. The van der Waals surface area contributed by atoms with E-state index in [1.165, 1.54) is 22.5 Å². The molecule has 1 fully saturated rings. The Morgan fingerprint density at radius 3 is 2.65 bits per heavy atom. The molecule has 1 aliphatic rings. The highest BCUT2D eigenvalue weighted by atomic mass is 35.5. The van der Waals surface area contributed by atoms with Crippen LogP contribution in [0.2, 0.25) is 5.02 Å². The summed E-state index contributed by atoms with van der Waals surface area (Å²) in [5.74, 6) is 0. The molecule has 2 rings (SSSR count). The minimum Gasteiger partial charge on any atom is -0.389 e. The molecular formula is C12H15ClN2O3S2. The Morgan fingerprint density at radius 1 is 1.55 bits per heavy atom. The van der Waals surface area contributed by atoms with Crippen molar-refractivity contribution in [3.05, 3.63) is 28.8 Å². The van der Waals surface area contributed by atoms with Crippen LogP contribution in [0.1, 0.15) is 18.9 Å². The maximum Gasteiger partial charge on any atom is 0.244 e. The number of β-amino-alcohol motifs (C(OH)–C–C–N with tert-alkyl or cyclic N) is 1. The van der Waals surface area contributed by atoms with Crippen molar-refractivity contribution in [3.8, 4) is 0 Å². The third-order valence-corrected chi connectivity index (χ3v) is 5.81. The molecule has 1 saturated heterocycles. The van der Waals surface area contributed by atoms with Gasteiger partial charge in [0.05, 0.1) is 10.6 Å². The predicted octanol–water partition coefficient (Wildman–Crippen LogP) is 1.12. The van der Waals surface area contributed by atoms with Crippen molar-refractivity contribution >= 4 is 38.8 Å². The highest BCUT2D eigenvalue weighted by Crippen LogP contribution is 2.30. The second kappa shape index (κ2) is 5.23. The van der Waals surface area contributed by atoms with E-state index in [4.69, 9.17) is 29.6 Å². The number of thiocarbonyl (C=S) groups is 1. The quantitative estimate of drug-likeness (QED) is 0.809. The summed E-state index contributed by atoms with van der Waals surface area (Å²) in [5, 5.41) is 9.96. The van der Waals surface area contributed by atoms with Gasteiger partial charge in [-0.3, -0.25) is 0 Å². The fraction of sp³-hybridized carbons (Fsp3) is 0.417. The summed E-state index contributed by atoms with van der Waals surface area (Å²) in [6, 6.07) is 4.35. The van der Waals surface area contributed by atoms with Gasteiger partial charge in [-0.1, -0.05) is 29.9 Å². The Hall–Kier alpha value is -0.730. The highest BCUT2D eigenvalue weighted by molar-refractivity contribution is 7.89. The number of hydrogen-bond acceptors (Lipinski definition) is 4. The Balaban J connectivity index is 2.38. The molecule has 1 heterocycles. The number of hydrogen-bond donors (Lipinski definition) is 2. The van der Waals surface area contributed by atoms with Crippen molar-refractivity contribution in [1.82, 2.24) is 4.31 Å². The van der Waals surface area contributed by atoms with Crippen LogP contribution in [0.15, 0.2) is 23.1 Å². The number of halogens is 1. The lowest BCUT2D eigenvalue weighted by Gasteiger charge is -2.19. The molecule has 0 bridgehead atoms. The van der Waals surface area contributed by atoms with Crippen molar-refractivity contribution in [2.75, 3.05) is 13.1 Å². The maximum atomic E-state index is 12.5. The molecule has 1 unspecified atom stereocenters. The Morgan fingerprint density at radius 2 is 2.20 bits per heavy atom. The van der Waals surface area contributed by atoms with E-state index in [2.05, 4.69) is 0 Å². The molecule has 1 aromatic carbocycles. The number of sulfonamides is 1. The lowest BCUT2D eigenvalue weighted by molar-refractivity contribution is 0.0762. The summed E-state index contributed by atoms with van der Waals surface area (Å²) >= 11 is 10.8. The third kappa shape index (κ3) is 2.96. The molecule has 1 aliphatic heterocycles. The zero-order valence-corrected chi connectivity index (χ0v) is 13.2. The van der Waals surface area contributed by atoms with Gasteiger partial charge in [0, 0.05) is 18.7 Å². The molecule has 0 saturated carbocycles. The number of rotatable bonds is 3. The van der Waals surface area contributed by atoms with Crippen LogP contribution in [0.3, 0.4) is 0 Å². The second-order valence-electron chi connectivity index (χ2n) is 5.09. The van der Waals surface area contributed by atoms with E-state index in [-0.39, 0.29) is 28.0 Å². The van der Waals surface area contributed by atoms with Crippen molar-refractivity contribution in [1.29, 1.82) is 0 Å².